The summed E-state index contributed by atoms with van der Waals surface area (Å²) in [5.74, 6) is 0.0945. The molecule has 1 aromatic heterocycles. The Bertz CT molecular complexity index is 766. The van der Waals surface area contributed by atoms with E-state index in [9.17, 15) is 4.79 Å². The lowest BCUT2D eigenvalue weighted by atomic mass is 10.1. The minimum absolute atomic E-state index is 0.0837. The van der Waals surface area contributed by atoms with E-state index in [-0.39, 0.29) is 11.9 Å². The molecule has 104 valence electrons. The average Bonchev–Trinajstić information content (AvgIpc) is 2.97. The highest BCUT2D eigenvalue weighted by molar-refractivity contribution is 6.03. The van der Waals surface area contributed by atoms with Gasteiger partial charge in [0.1, 0.15) is 0 Å². The number of aryl methyl sites for hydroxylation is 1. The fraction of sp³-hybridized carbons (Fsp3) is 0.0625. The quantitative estimate of drug-likeness (QED) is 0.798. The van der Waals surface area contributed by atoms with Gasteiger partial charge in [0.2, 0.25) is 5.89 Å². The Morgan fingerprint density at radius 3 is 2.62 bits per heavy atom. The van der Waals surface area contributed by atoms with E-state index < -0.39 is 0 Å². The van der Waals surface area contributed by atoms with E-state index >= 15 is 0 Å². The Balaban J connectivity index is 1.77. The zero-order valence-electron chi connectivity index (χ0n) is 11.4. The number of carbonyl (C=O) groups excluding carboxylic acids is 1. The summed E-state index contributed by atoms with van der Waals surface area (Å²) < 4.78 is 5.44. The summed E-state index contributed by atoms with van der Waals surface area (Å²) in [5, 5.41) is 10.3. The number of anilines is 1. The lowest BCUT2D eigenvalue weighted by Gasteiger charge is -2.01. The van der Waals surface area contributed by atoms with Crippen LogP contribution < -0.4 is 5.32 Å². The number of benzene rings is 2. The van der Waals surface area contributed by atoms with Crippen molar-refractivity contribution in [3.8, 4) is 11.5 Å². The molecule has 0 bridgehead atoms. The van der Waals surface area contributed by atoms with Crippen LogP contribution in [0.25, 0.3) is 11.5 Å². The van der Waals surface area contributed by atoms with Gasteiger partial charge >= 0.3 is 6.01 Å². The maximum atomic E-state index is 12.1. The van der Waals surface area contributed by atoms with Crippen LogP contribution in [0, 0.1) is 6.92 Å². The van der Waals surface area contributed by atoms with Crippen molar-refractivity contribution in [3.05, 3.63) is 65.7 Å². The number of aromatic nitrogens is 2. The number of amides is 1. The highest BCUT2D eigenvalue weighted by atomic mass is 16.4. The molecule has 5 heteroatoms. The first kappa shape index (κ1) is 13.1. The first-order chi connectivity index (χ1) is 10.2. The van der Waals surface area contributed by atoms with E-state index in [0.717, 1.165) is 11.1 Å². The van der Waals surface area contributed by atoms with Gasteiger partial charge < -0.3 is 4.42 Å². The topological polar surface area (TPSA) is 68.0 Å². The van der Waals surface area contributed by atoms with Crippen LogP contribution in [0.15, 0.2) is 59.0 Å². The van der Waals surface area contributed by atoms with Gasteiger partial charge in [-0.2, -0.15) is 0 Å². The molecular weight excluding hydrogens is 266 g/mol. The molecule has 0 atom stereocenters. The van der Waals surface area contributed by atoms with Gasteiger partial charge in [0.25, 0.3) is 5.91 Å². The van der Waals surface area contributed by atoms with Gasteiger partial charge in [0, 0.05) is 11.1 Å². The molecule has 0 aliphatic heterocycles. The molecule has 21 heavy (non-hydrogen) atoms. The molecule has 0 aliphatic carbocycles. The second-order valence-corrected chi connectivity index (χ2v) is 4.60. The van der Waals surface area contributed by atoms with Crippen LogP contribution in [0.1, 0.15) is 15.9 Å². The third-order valence-corrected chi connectivity index (χ3v) is 2.95. The van der Waals surface area contributed by atoms with Gasteiger partial charge in [-0.05, 0) is 31.2 Å². The second-order valence-electron chi connectivity index (χ2n) is 4.60. The predicted octanol–water partition coefficient (Wildman–Crippen LogP) is 3.30. The molecule has 1 heterocycles. The van der Waals surface area contributed by atoms with Crippen LogP contribution in [0.2, 0.25) is 0 Å². The summed E-state index contributed by atoms with van der Waals surface area (Å²) in [6, 6.07) is 16.8. The van der Waals surface area contributed by atoms with Crippen molar-refractivity contribution in [1.29, 1.82) is 0 Å². The average molecular weight is 279 g/mol. The number of hydrogen-bond donors (Lipinski definition) is 1. The molecule has 0 saturated heterocycles. The molecule has 1 amide bonds. The van der Waals surface area contributed by atoms with Crippen molar-refractivity contribution in [2.45, 2.75) is 6.92 Å². The number of rotatable bonds is 3. The molecule has 1 N–H and O–H groups in total. The summed E-state index contributed by atoms with van der Waals surface area (Å²) >= 11 is 0. The minimum atomic E-state index is -0.276. The van der Waals surface area contributed by atoms with Crippen LogP contribution in [0.4, 0.5) is 6.01 Å². The molecule has 3 rings (SSSR count). The van der Waals surface area contributed by atoms with Gasteiger partial charge in [0.15, 0.2) is 0 Å². The fourth-order valence-corrected chi connectivity index (χ4v) is 1.93. The Morgan fingerprint density at radius 1 is 1.05 bits per heavy atom. The molecule has 0 fully saturated rings. The maximum Gasteiger partial charge on any atom is 0.322 e. The first-order valence-electron chi connectivity index (χ1n) is 6.49. The lowest BCUT2D eigenvalue weighted by Crippen LogP contribution is -2.12. The highest BCUT2D eigenvalue weighted by Gasteiger charge is 2.12. The number of hydrogen-bond acceptors (Lipinski definition) is 4. The highest BCUT2D eigenvalue weighted by Crippen LogP contribution is 2.19. The number of nitrogens with one attached hydrogen (secondary N) is 1. The van der Waals surface area contributed by atoms with Crippen LogP contribution >= 0.6 is 0 Å². The minimum Gasteiger partial charge on any atom is -0.403 e. The molecule has 2 aromatic carbocycles. The third kappa shape index (κ3) is 2.97. The zero-order chi connectivity index (χ0) is 14.7. The smallest absolute Gasteiger partial charge is 0.322 e. The Morgan fingerprint density at radius 2 is 1.86 bits per heavy atom. The van der Waals surface area contributed by atoms with Crippen LogP contribution in [-0.4, -0.2) is 16.1 Å². The summed E-state index contributed by atoms with van der Waals surface area (Å²) in [4.78, 5) is 12.1. The summed E-state index contributed by atoms with van der Waals surface area (Å²) in [6.07, 6.45) is 0. The maximum absolute atomic E-state index is 12.1. The largest absolute Gasteiger partial charge is 0.403 e. The molecule has 3 aromatic rings. The van der Waals surface area contributed by atoms with E-state index in [2.05, 4.69) is 15.5 Å². The predicted molar refractivity (Wildman–Crippen MR) is 78.9 cm³/mol. The third-order valence-electron chi connectivity index (χ3n) is 2.95. The van der Waals surface area contributed by atoms with Crippen molar-refractivity contribution in [3.63, 3.8) is 0 Å². The Hall–Kier alpha value is -2.95. The molecule has 0 aliphatic rings. The summed E-state index contributed by atoms with van der Waals surface area (Å²) in [7, 11) is 0. The fourth-order valence-electron chi connectivity index (χ4n) is 1.93. The molecule has 0 saturated carbocycles. The normalized spacial score (nSPS) is 10.3. The van der Waals surface area contributed by atoms with Gasteiger partial charge in [0.05, 0.1) is 0 Å². The molecule has 5 nitrogen and oxygen atoms in total. The SMILES string of the molecule is Cc1cccc(C(=O)Nc2nnc(-c3ccccc3)o2)c1. The lowest BCUT2D eigenvalue weighted by molar-refractivity contribution is 0.102. The van der Waals surface area contributed by atoms with Crippen molar-refractivity contribution >= 4 is 11.9 Å². The van der Waals surface area contributed by atoms with Crippen molar-refractivity contribution in [1.82, 2.24) is 10.2 Å². The van der Waals surface area contributed by atoms with Crippen LogP contribution in [0.5, 0.6) is 0 Å². The molecule has 0 unspecified atom stereocenters. The van der Waals surface area contributed by atoms with Gasteiger partial charge in [-0.1, -0.05) is 41.0 Å². The zero-order valence-corrected chi connectivity index (χ0v) is 11.4. The van der Waals surface area contributed by atoms with E-state index in [0.29, 0.717) is 11.5 Å². The standard InChI is InChI=1S/C16H13N3O2/c1-11-6-5-9-13(10-11)14(20)17-16-19-18-15(21-16)12-7-3-2-4-8-12/h2-10H,1H3,(H,17,19,20). The molecule has 0 spiro atoms. The molecular formula is C16H13N3O2. The second kappa shape index (κ2) is 5.58. The molecule has 0 radical (unpaired) electrons. The van der Waals surface area contributed by atoms with Gasteiger partial charge in [-0.15, -0.1) is 5.10 Å². The van der Waals surface area contributed by atoms with E-state index in [1.807, 2.05) is 49.4 Å². The Kier molecular flexibility index (Phi) is 3.47. The van der Waals surface area contributed by atoms with Crippen molar-refractivity contribution in [2.75, 3.05) is 5.32 Å². The van der Waals surface area contributed by atoms with E-state index in [1.54, 1.807) is 12.1 Å². The van der Waals surface area contributed by atoms with E-state index in [4.69, 9.17) is 4.42 Å². The monoisotopic (exact) mass is 279 g/mol. The van der Waals surface area contributed by atoms with Crippen molar-refractivity contribution in [2.24, 2.45) is 0 Å². The number of carbonyl (C=O) groups is 1. The van der Waals surface area contributed by atoms with Crippen molar-refractivity contribution < 1.29 is 9.21 Å². The van der Waals surface area contributed by atoms with Crippen LogP contribution in [0.3, 0.4) is 0 Å². The summed E-state index contributed by atoms with van der Waals surface area (Å²) in [6.45, 7) is 1.93. The van der Waals surface area contributed by atoms with Gasteiger partial charge in [-0.3, -0.25) is 10.1 Å². The summed E-state index contributed by atoms with van der Waals surface area (Å²) in [5.41, 5.74) is 2.37. The van der Waals surface area contributed by atoms with E-state index in [1.165, 1.54) is 0 Å². The number of nitrogens with zero attached hydrogens (tertiary/aromatic N) is 2. The van der Waals surface area contributed by atoms with Crippen LogP contribution in [-0.2, 0) is 0 Å². The first-order valence-corrected chi connectivity index (χ1v) is 6.49. The Labute approximate surface area is 121 Å². The van der Waals surface area contributed by atoms with Gasteiger partial charge in [-0.25, -0.2) is 0 Å².